The average molecular weight is 739 g/mol. The van der Waals surface area contributed by atoms with Gasteiger partial charge in [-0.05, 0) is 87.4 Å². The summed E-state index contributed by atoms with van der Waals surface area (Å²) in [4.78, 5) is 0. The van der Waals surface area contributed by atoms with Crippen LogP contribution >= 0.6 is 20.1 Å². The second-order valence-corrected chi connectivity index (χ2v) is 14.7. The van der Waals surface area contributed by atoms with Gasteiger partial charge in [-0.1, -0.05) is 127 Å². The number of fused-ring (bicyclic) bond motifs is 2. The Hall–Kier alpha value is -5.24. The molecule has 7 aromatic carbocycles. The van der Waals surface area contributed by atoms with Gasteiger partial charge >= 0.3 is 12.4 Å². The van der Waals surface area contributed by atoms with Crippen molar-refractivity contribution in [1.82, 2.24) is 5.32 Å². The van der Waals surface area contributed by atoms with Crippen LogP contribution in [0.1, 0.15) is 16.7 Å². The fraction of sp³-hybridized carbons (Fsp3) is 0.0714. The molecule has 0 radical (unpaired) electrons. The molecule has 0 aromatic heterocycles. The standard InChI is InChI=1S/C42H29F6N2PS/c43-41(44,45)30-23-27(24-31(25-30)42(46,47)48)26-49-40(52)50-36-21-19-28-11-7-9-17-34(28)38(36)39-35-18-10-8-12-29(35)20-22-37(39)51(32-13-3-1-4-14-32)33-15-5-2-6-16-33/h1-25H,26H2,(H2,49,50,52). The van der Waals surface area contributed by atoms with Gasteiger partial charge in [-0.2, -0.15) is 26.3 Å². The van der Waals surface area contributed by atoms with E-state index in [-0.39, 0.29) is 23.3 Å². The van der Waals surface area contributed by atoms with E-state index >= 15 is 0 Å². The fourth-order valence-electron chi connectivity index (χ4n) is 6.41. The van der Waals surface area contributed by atoms with Gasteiger partial charge in [0.1, 0.15) is 0 Å². The largest absolute Gasteiger partial charge is 0.416 e. The molecule has 10 heteroatoms. The Morgan fingerprint density at radius 3 is 1.56 bits per heavy atom. The van der Waals surface area contributed by atoms with Crippen LogP contribution in [0.5, 0.6) is 0 Å². The predicted octanol–water partition coefficient (Wildman–Crippen LogP) is 10.9. The summed E-state index contributed by atoms with van der Waals surface area (Å²) in [6.45, 7) is -0.366. The van der Waals surface area contributed by atoms with Crippen molar-refractivity contribution in [2.24, 2.45) is 0 Å². The van der Waals surface area contributed by atoms with Crippen LogP contribution < -0.4 is 26.5 Å². The van der Waals surface area contributed by atoms with E-state index in [1.165, 1.54) is 0 Å². The Balaban J connectivity index is 1.36. The molecular weight excluding hydrogens is 710 g/mol. The first kappa shape index (κ1) is 35.2. The summed E-state index contributed by atoms with van der Waals surface area (Å²) in [6, 6.07) is 46.4. The number of benzene rings is 7. The Morgan fingerprint density at radius 1 is 0.538 bits per heavy atom. The molecule has 0 heterocycles. The minimum atomic E-state index is -4.95. The molecule has 0 saturated heterocycles. The third kappa shape index (κ3) is 7.38. The zero-order valence-electron chi connectivity index (χ0n) is 27.3. The highest BCUT2D eigenvalue weighted by Gasteiger charge is 2.37. The molecule has 7 aromatic rings. The molecule has 260 valence electrons. The summed E-state index contributed by atoms with van der Waals surface area (Å²) in [5.41, 5.74) is -0.487. The molecule has 2 nitrogen and oxygen atoms in total. The maximum absolute atomic E-state index is 13.5. The quantitative estimate of drug-likeness (QED) is 0.0967. The lowest BCUT2D eigenvalue weighted by atomic mass is 9.92. The summed E-state index contributed by atoms with van der Waals surface area (Å²) >= 11 is 5.65. The van der Waals surface area contributed by atoms with Gasteiger partial charge in [0.15, 0.2) is 5.11 Å². The van der Waals surface area contributed by atoms with Crippen LogP contribution in [0, 0.1) is 0 Å². The van der Waals surface area contributed by atoms with E-state index in [2.05, 4.69) is 59.2 Å². The van der Waals surface area contributed by atoms with Crippen molar-refractivity contribution in [3.63, 3.8) is 0 Å². The Bertz CT molecular complexity index is 2320. The second-order valence-electron chi connectivity index (χ2n) is 12.1. The van der Waals surface area contributed by atoms with Crippen LogP contribution in [0.15, 0.2) is 152 Å². The number of halogens is 6. The zero-order chi connectivity index (χ0) is 36.5. The molecule has 0 bridgehead atoms. The first-order valence-corrected chi connectivity index (χ1v) is 18.0. The molecule has 0 atom stereocenters. The topological polar surface area (TPSA) is 24.1 Å². The smallest absolute Gasteiger partial charge is 0.358 e. The number of hydrogen-bond donors (Lipinski definition) is 2. The van der Waals surface area contributed by atoms with Gasteiger partial charge in [0, 0.05) is 23.4 Å². The van der Waals surface area contributed by atoms with Crippen molar-refractivity contribution < 1.29 is 26.3 Å². The molecule has 0 fully saturated rings. The lowest BCUT2D eigenvalue weighted by Gasteiger charge is -2.26. The summed E-state index contributed by atoms with van der Waals surface area (Å²) in [5, 5.41) is 13.5. The summed E-state index contributed by atoms with van der Waals surface area (Å²) in [7, 11) is -1.07. The third-order valence-electron chi connectivity index (χ3n) is 8.70. The molecule has 52 heavy (non-hydrogen) atoms. The summed E-state index contributed by atoms with van der Waals surface area (Å²) in [6.07, 6.45) is -9.91. The molecule has 0 aliphatic heterocycles. The SMILES string of the molecule is FC(F)(F)c1cc(CNC(=S)Nc2ccc3ccccc3c2-c2c(P(c3ccccc3)c3ccccc3)ccc3ccccc23)cc(C(F)(F)F)c1. The maximum Gasteiger partial charge on any atom is 0.416 e. The maximum atomic E-state index is 13.5. The van der Waals surface area contributed by atoms with Gasteiger partial charge < -0.3 is 10.6 Å². The van der Waals surface area contributed by atoms with Crippen LogP contribution in [-0.4, -0.2) is 5.11 Å². The molecule has 2 N–H and O–H groups in total. The Kier molecular flexibility index (Phi) is 9.75. The van der Waals surface area contributed by atoms with Gasteiger partial charge in [-0.25, -0.2) is 0 Å². The van der Waals surface area contributed by atoms with Crippen molar-refractivity contribution in [2.45, 2.75) is 18.9 Å². The normalized spacial score (nSPS) is 12.0. The molecule has 0 amide bonds. The van der Waals surface area contributed by atoms with Crippen LogP contribution in [0.25, 0.3) is 32.7 Å². The number of alkyl halides is 6. The number of nitrogens with one attached hydrogen (secondary N) is 2. The first-order chi connectivity index (χ1) is 25.0. The predicted molar refractivity (Wildman–Crippen MR) is 205 cm³/mol. The minimum absolute atomic E-state index is 0.0395. The van der Waals surface area contributed by atoms with Crippen LogP contribution in [0.3, 0.4) is 0 Å². The molecule has 7 rings (SSSR count). The molecule has 0 saturated carbocycles. The number of rotatable bonds is 7. The fourth-order valence-corrected chi connectivity index (χ4v) is 9.06. The zero-order valence-corrected chi connectivity index (χ0v) is 29.0. The van der Waals surface area contributed by atoms with Crippen molar-refractivity contribution in [1.29, 1.82) is 0 Å². The summed E-state index contributed by atoms with van der Waals surface area (Å²) in [5.74, 6) is 0. The minimum Gasteiger partial charge on any atom is -0.358 e. The van der Waals surface area contributed by atoms with Crippen molar-refractivity contribution in [3.05, 3.63) is 168 Å². The van der Waals surface area contributed by atoms with E-state index in [1.807, 2.05) is 84.9 Å². The van der Waals surface area contributed by atoms with E-state index in [0.717, 1.165) is 48.6 Å². The number of hydrogen-bond acceptors (Lipinski definition) is 1. The van der Waals surface area contributed by atoms with Crippen molar-refractivity contribution in [3.8, 4) is 11.1 Å². The number of thiocarbonyl (C=S) groups is 1. The molecular formula is C42H29F6N2PS. The van der Waals surface area contributed by atoms with E-state index in [1.54, 1.807) is 0 Å². The molecule has 0 spiro atoms. The van der Waals surface area contributed by atoms with E-state index in [4.69, 9.17) is 12.2 Å². The Labute approximate surface area is 302 Å². The second kappa shape index (κ2) is 14.4. The van der Waals surface area contributed by atoms with Crippen LogP contribution in [0.2, 0.25) is 0 Å². The van der Waals surface area contributed by atoms with Gasteiger partial charge in [-0.15, -0.1) is 0 Å². The monoisotopic (exact) mass is 738 g/mol. The van der Waals surface area contributed by atoms with Gasteiger partial charge in [0.25, 0.3) is 0 Å². The van der Waals surface area contributed by atoms with Crippen molar-refractivity contribution >= 4 is 68.4 Å². The Morgan fingerprint density at radius 2 is 1.02 bits per heavy atom. The van der Waals surface area contributed by atoms with E-state index < -0.39 is 31.4 Å². The lowest BCUT2D eigenvalue weighted by molar-refractivity contribution is -0.143. The van der Waals surface area contributed by atoms with Gasteiger partial charge in [0.2, 0.25) is 0 Å². The average Bonchev–Trinajstić information content (AvgIpc) is 3.14. The van der Waals surface area contributed by atoms with E-state index in [9.17, 15) is 26.3 Å². The summed E-state index contributed by atoms with van der Waals surface area (Å²) < 4.78 is 81.3. The van der Waals surface area contributed by atoms with Crippen molar-refractivity contribution in [2.75, 3.05) is 5.32 Å². The van der Waals surface area contributed by atoms with Crippen LogP contribution in [-0.2, 0) is 18.9 Å². The number of anilines is 1. The molecule has 0 aliphatic carbocycles. The molecule has 0 aliphatic rings. The lowest BCUT2D eigenvalue weighted by Crippen LogP contribution is -2.29. The highest BCUT2D eigenvalue weighted by atomic mass is 32.1. The van der Waals surface area contributed by atoms with Crippen LogP contribution in [0.4, 0.5) is 32.0 Å². The van der Waals surface area contributed by atoms with Gasteiger partial charge in [0.05, 0.1) is 11.1 Å². The highest BCUT2D eigenvalue weighted by Crippen LogP contribution is 2.45. The first-order valence-electron chi connectivity index (χ1n) is 16.2. The van der Waals surface area contributed by atoms with E-state index in [0.29, 0.717) is 17.8 Å². The highest BCUT2D eigenvalue weighted by molar-refractivity contribution is 7.80. The van der Waals surface area contributed by atoms with Gasteiger partial charge in [-0.3, -0.25) is 0 Å². The third-order valence-corrected chi connectivity index (χ3v) is 11.4. The molecule has 0 unspecified atom stereocenters.